The van der Waals surface area contributed by atoms with Crippen molar-refractivity contribution in [2.75, 3.05) is 20.2 Å². The smallest absolute Gasteiger partial charge is 0.254 e. The van der Waals surface area contributed by atoms with Gasteiger partial charge in [-0.2, -0.15) is 0 Å². The summed E-state index contributed by atoms with van der Waals surface area (Å²) < 4.78 is 5.73. The lowest BCUT2D eigenvalue weighted by atomic mass is 9.94. The first-order valence-electron chi connectivity index (χ1n) is 11.0. The van der Waals surface area contributed by atoms with Crippen molar-refractivity contribution >= 4 is 17.7 Å². The Morgan fingerprint density at radius 1 is 1.29 bits per heavy atom. The number of rotatable bonds is 6. The van der Waals surface area contributed by atoms with E-state index in [1.54, 1.807) is 13.3 Å². The van der Waals surface area contributed by atoms with Crippen LogP contribution >= 0.6 is 0 Å². The molecule has 2 aliphatic heterocycles. The predicted octanol–water partition coefficient (Wildman–Crippen LogP) is 4.11. The number of carbonyl (C=O) groups excluding carboxylic acids is 1. The van der Waals surface area contributed by atoms with Gasteiger partial charge in [-0.1, -0.05) is 30.3 Å². The van der Waals surface area contributed by atoms with Crippen LogP contribution in [0, 0.1) is 6.92 Å². The molecule has 0 aliphatic carbocycles. The lowest BCUT2D eigenvalue weighted by Crippen LogP contribution is -2.32. The average Bonchev–Trinajstić information content (AvgIpc) is 3.36. The Kier molecular flexibility index (Phi) is 6.23. The molecule has 0 saturated carbocycles. The fraction of sp³-hybridized carbons (Fsp3) is 0.385. The van der Waals surface area contributed by atoms with Gasteiger partial charge in [-0.15, -0.1) is 0 Å². The summed E-state index contributed by atoms with van der Waals surface area (Å²) in [4.78, 5) is 19.0. The number of nitrogens with zero attached hydrogens (tertiary/aromatic N) is 2. The number of nitrogens with two attached hydrogens (primary N) is 1. The number of ether oxygens (including phenoxy) is 1. The van der Waals surface area contributed by atoms with Gasteiger partial charge in [0.25, 0.3) is 5.91 Å². The number of aryl methyl sites for hydroxylation is 1. The molecule has 1 unspecified atom stereocenters. The van der Waals surface area contributed by atoms with Crippen molar-refractivity contribution in [2.45, 2.75) is 45.8 Å². The number of benzene rings is 2. The molecule has 1 amide bonds. The van der Waals surface area contributed by atoms with E-state index in [4.69, 9.17) is 10.5 Å². The molecule has 162 valence electrons. The van der Waals surface area contributed by atoms with Crippen molar-refractivity contribution in [1.29, 1.82) is 0 Å². The van der Waals surface area contributed by atoms with E-state index in [1.165, 1.54) is 16.7 Å². The first-order valence-corrected chi connectivity index (χ1v) is 11.0. The Morgan fingerprint density at radius 2 is 2.06 bits per heavy atom. The molecule has 2 aliphatic rings. The van der Waals surface area contributed by atoms with Crippen LogP contribution in [0.5, 0.6) is 0 Å². The number of allylic oxidation sites excluding steroid dienone is 2. The topological polar surface area (TPSA) is 67.9 Å². The molecule has 2 aromatic rings. The quantitative estimate of drug-likeness (QED) is 0.719. The van der Waals surface area contributed by atoms with Crippen LogP contribution in [0.1, 0.15) is 57.9 Å². The molecule has 0 radical (unpaired) electrons. The largest absolute Gasteiger partial charge is 0.402 e. The minimum absolute atomic E-state index is 0.133. The zero-order valence-corrected chi connectivity index (χ0v) is 18.6. The third-order valence-corrected chi connectivity index (χ3v) is 6.23. The molecule has 0 spiro atoms. The lowest BCUT2D eigenvalue weighted by Gasteiger charge is -2.19. The highest BCUT2D eigenvalue weighted by Gasteiger charge is 2.31. The minimum Gasteiger partial charge on any atom is -0.402 e. The monoisotopic (exact) mass is 417 g/mol. The van der Waals surface area contributed by atoms with Crippen molar-refractivity contribution in [3.8, 4) is 0 Å². The van der Waals surface area contributed by atoms with Gasteiger partial charge in [0.1, 0.15) is 0 Å². The zero-order valence-electron chi connectivity index (χ0n) is 18.6. The highest BCUT2D eigenvalue weighted by molar-refractivity contribution is 6.10. The molecule has 1 atom stereocenters. The summed E-state index contributed by atoms with van der Waals surface area (Å²) >= 11 is 0. The van der Waals surface area contributed by atoms with Crippen LogP contribution in [0.2, 0.25) is 0 Å². The highest BCUT2D eigenvalue weighted by atomic mass is 16.5. The standard InChI is InChI=1S/C26H31N3O2/c1-17-11-22-15-29(16-23-5-4-10-31-23)26(30)24(22)13-21(17)12-19-6-8-20(9-7-19)25(14-28-3)18(2)27/h6-9,11,13-14,23H,4-5,10,12,15-16,27H2,1-3H3. The molecule has 2 heterocycles. The second-order valence-corrected chi connectivity index (χ2v) is 8.61. The van der Waals surface area contributed by atoms with Crippen molar-refractivity contribution in [2.24, 2.45) is 10.7 Å². The molecular formula is C26H31N3O2. The number of hydrogen-bond donors (Lipinski definition) is 1. The van der Waals surface area contributed by atoms with Crippen LogP contribution in [0.3, 0.4) is 0 Å². The SMILES string of the molecule is CN=CC(=C(C)N)c1ccc(Cc2cc3c(cc2C)CN(CC2CCCO2)C3=O)cc1. The Bertz CT molecular complexity index is 1030. The molecule has 0 aromatic heterocycles. The lowest BCUT2D eigenvalue weighted by molar-refractivity contribution is 0.0545. The van der Waals surface area contributed by atoms with Gasteiger partial charge in [0.2, 0.25) is 0 Å². The third-order valence-electron chi connectivity index (χ3n) is 6.23. The first kappa shape index (κ1) is 21.3. The van der Waals surface area contributed by atoms with Crippen LogP contribution in [-0.4, -0.2) is 43.3 Å². The molecule has 5 nitrogen and oxygen atoms in total. The van der Waals surface area contributed by atoms with Crippen LogP contribution in [-0.2, 0) is 17.7 Å². The van der Waals surface area contributed by atoms with E-state index < -0.39 is 0 Å². The predicted molar refractivity (Wildman–Crippen MR) is 125 cm³/mol. The van der Waals surface area contributed by atoms with E-state index in [-0.39, 0.29) is 12.0 Å². The molecule has 2 aromatic carbocycles. The second kappa shape index (κ2) is 9.06. The number of amides is 1. The van der Waals surface area contributed by atoms with Crippen LogP contribution < -0.4 is 5.73 Å². The fourth-order valence-electron chi connectivity index (χ4n) is 4.52. The Balaban J connectivity index is 1.51. The molecule has 4 rings (SSSR count). The van der Waals surface area contributed by atoms with Gasteiger partial charge in [-0.3, -0.25) is 9.79 Å². The van der Waals surface area contributed by atoms with Gasteiger partial charge >= 0.3 is 0 Å². The van der Waals surface area contributed by atoms with E-state index in [1.807, 2.05) is 11.8 Å². The molecule has 1 saturated heterocycles. The molecule has 5 heteroatoms. The number of carbonyl (C=O) groups is 1. The summed E-state index contributed by atoms with van der Waals surface area (Å²) in [6.45, 7) is 6.22. The second-order valence-electron chi connectivity index (χ2n) is 8.61. The Hall–Kier alpha value is -2.92. The minimum atomic E-state index is 0.133. The summed E-state index contributed by atoms with van der Waals surface area (Å²) in [7, 11) is 1.75. The maximum absolute atomic E-state index is 13.0. The van der Waals surface area contributed by atoms with Crippen molar-refractivity contribution in [3.63, 3.8) is 0 Å². The first-order chi connectivity index (χ1) is 15.0. The Labute approximate surface area is 184 Å². The maximum atomic E-state index is 13.0. The molecule has 0 bridgehead atoms. The molecule has 1 fully saturated rings. The average molecular weight is 418 g/mol. The van der Waals surface area contributed by atoms with E-state index in [2.05, 4.69) is 48.3 Å². The normalized spacial score (nSPS) is 19.3. The highest BCUT2D eigenvalue weighted by Crippen LogP contribution is 2.29. The van der Waals surface area contributed by atoms with Gasteiger partial charge in [-0.25, -0.2) is 0 Å². The molecule has 2 N–H and O–H groups in total. The van der Waals surface area contributed by atoms with E-state index in [0.717, 1.165) is 53.8 Å². The van der Waals surface area contributed by atoms with E-state index in [0.29, 0.717) is 13.1 Å². The van der Waals surface area contributed by atoms with Gasteiger partial charge in [0.15, 0.2) is 0 Å². The summed E-state index contributed by atoms with van der Waals surface area (Å²) in [5, 5.41) is 0. The van der Waals surface area contributed by atoms with Crippen molar-refractivity contribution in [3.05, 3.63) is 75.5 Å². The van der Waals surface area contributed by atoms with Crippen molar-refractivity contribution in [1.82, 2.24) is 4.90 Å². The van der Waals surface area contributed by atoms with Gasteiger partial charge in [-0.05, 0) is 67.0 Å². The number of fused-ring (bicyclic) bond motifs is 1. The molecular weight excluding hydrogens is 386 g/mol. The van der Waals surface area contributed by atoms with Crippen molar-refractivity contribution < 1.29 is 9.53 Å². The van der Waals surface area contributed by atoms with Crippen LogP contribution in [0.4, 0.5) is 0 Å². The Morgan fingerprint density at radius 3 is 2.71 bits per heavy atom. The van der Waals surface area contributed by atoms with Crippen LogP contribution in [0.15, 0.2) is 47.1 Å². The zero-order chi connectivity index (χ0) is 22.0. The van der Waals surface area contributed by atoms with Gasteiger partial charge in [0.05, 0.1) is 6.10 Å². The summed E-state index contributed by atoms with van der Waals surface area (Å²) in [5.74, 6) is 0.133. The van der Waals surface area contributed by atoms with E-state index >= 15 is 0 Å². The van der Waals surface area contributed by atoms with Gasteiger partial charge in [0, 0.05) is 49.8 Å². The summed E-state index contributed by atoms with van der Waals surface area (Å²) in [5.41, 5.74) is 14.4. The summed E-state index contributed by atoms with van der Waals surface area (Å²) in [6, 6.07) is 12.7. The van der Waals surface area contributed by atoms with E-state index in [9.17, 15) is 4.79 Å². The maximum Gasteiger partial charge on any atom is 0.254 e. The molecule has 31 heavy (non-hydrogen) atoms. The van der Waals surface area contributed by atoms with Gasteiger partial charge < -0.3 is 15.4 Å². The number of hydrogen-bond acceptors (Lipinski definition) is 4. The fourth-order valence-corrected chi connectivity index (χ4v) is 4.52. The third kappa shape index (κ3) is 4.57. The van der Waals surface area contributed by atoms with Crippen LogP contribution in [0.25, 0.3) is 5.57 Å². The summed E-state index contributed by atoms with van der Waals surface area (Å²) in [6.07, 6.45) is 4.91. The number of aliphatic imine (C=N–C) groups is 1.